The van der Waals surface area contributed by atoms with Crippen LogP contribution in [0.5, 0.6) is 0 Å². The molecule has 4 heteroatoms. The van der Waals surface area contributed by atoms with Crippen LogP contribution in [-0.2, 0) is 0 Å². The topological polar surface area (TPSA) is 20.3 Å². The lowest BCUT2D eigenvalue weighted by atomic mass is 10.1. The zero-order chi connectivity index (χ0) is 14.0. The molecule has 0 radical (unpaired) electrons. The van der Waals surface area contributed by atoms with Crippen molar-refractivity contribution >= 4 is 33.6 Å². The van der Waals surface area contributed by atoms with Crippen molar-refractivity contribution in [3.8, 4) is 0 Å². The van der Waals surface area contributed by atoms with Crippen LogP contribution < -0.4 is 0 Å². The van der Waals surface area contributed by atoms with E-state index in [-0.39, 0.29) is 10.7 Å². The van der Waals surface area contributed by atoms with E-state index in [0.717, 1.165) is 40.9 Å². The zero-order valence-electron chi connectivity index (χ0n) is 11.7. The van der Waals surface area contributed by atoms with Crippen LogP contribution in [-0.4, -0.2) is 34.4 Å². The summed E-state index contributed by atoms with van der Waals surface area (Å²) in [7, 11) is 0. The highest BCUT2D eigenvalue weighted by atomic mass is 79.9. The first-order chi connectivity index (χ1) is 8.89. The second kappa shape index (κ2) is 5.88. The molecule has 0 aromatic heterocycles. The van der Waals surface area contributed by atoms with Crippen molar-refractivity contribution < 1.29 is 4.79 Å². The van der Waals surface area contributed by atoms with Gasteiger partial charge in [0.15, 0.2) is 0 Å². The molecule has 0 spiro atoms. The van der Waals surface area contributed by atoms with E-state index >= 15 is 0 Å². The number of thioether (sulfide) groups is 1. The van der Waals surface area contributed by atoms with E-state index < -0.39 is 0 Å². The first-order valence-electron chi connectivity index (χ1n) is 6.58. The summed E-state index contributed by atoms with van der Waals surface area (Å²) in [6, 6.07) is 5.85. The highest BCUT2D eigenvalue weighted by molar-refractivity contribution is 9.10. The lowest BCUT2D eigenvalue weighted by Crippen LogP contribution is -2.33. The SMILES string of the molecule is Cc1ccc(C(=O)N2CCSC(C)(C)CC2)cc1Br. The number of nitrogens with zero attached hydrogens (tertiary/aromatic N) is 1. The minimum Gasteiger partial charge on any atom is -0.338 e. The smallest absolute Gasteiger partial charge is 0.253 e. The van der Waals surface area contributed by atoms with Crippen LogP contribution in [0.1, 0.15) is 36.2 Å². The maximum atomic E-state index is 12.5. The summed E-state index contributed by atoms with van der Waals surface area (Å²) in [6.07, 6.45) is 1.05. The van der Waals surface area contributed by atoms with E-state index in [9.17, 15) is 4.79 Å². The van der Waals surface area contributed by atoms with Gasteiger partial charge in [-0.05, 0) is 31.0 Å². The van der Waals surface area contributed by atoms with E-state index in [1.54, 1.807) is 0 Å². The average Bonchev–Trinajstić information content (AvgIpc) is 2.53. The van der Waals surface area contributed by atoms with Crippen LogP contribution in [0.25, 0.3) is 0 Å². The van der Waals surface area contributed by atoms with Crippen LogP contribution in [0, 0.1) is 6.92 Å². The van der Waals surface area contributed by atoms with E-state index in [1.807, 2.05) is 41.8 Å². The number of halogens is 1. The summed E-state index contributed by atoms with van der Waals surface area (Å²) in [5, 5.41) is 0. The Labute approximate surface area is 128 Å². The number of amides is 1. The Kier molecular flexibility index (Phi) is 4.62. The highest BCUT2D eigenvalue weighted by Gasteiger charge is 2.26. The summed E-state index contributed by atoms with van der Waals surface area (Å²) in [6.45, 7) is 8.24. The molecule has 1 aliphatic heterocycles. The van der Waals surface area contributed by atoms with Crippen LogP contribution in [0.15, 0.2) is 22.7 Å². The molecule has 0 aliphatic carbocycles. The molecule has 19 heavy (non-hydrogen) atoms. The Bertz CT molecular complexity index is 487. The molecule has 1 aromatic carbocycles. The molecule has 0 bridgehead atoms. The van der Waals surface area contributed by atoms with Crippen molar-refractivity contribution in [1.82, 2.24) is 4.90 Å². The van der Waals surface area contributed by atoms with Crippen molar-refractivity contribution in [1.29, 1.82) is 0 Å². The highest BCUT2D eigenvalue weighted by Crippen LogP contribution is 2.31. The standard InChI is InChI=1S/C15H20BrNOS/c1-11-4-5-12(10-13(11)16)14(18)17-7-6-15(2,3)19-9-8-17/h4-5,10H,6-9H2,1-3H3. The number of hydrogen-bond donors (Lipinski definition) is 0. The third-order valence-electron chi connectivity index (χ3n) is 3.54. The van der Waals surface area contributed by atoms with Gasteiger partial charge in [0, 0.05) is 33.6 Å². The fourth-order valence-electron chi connectivity index (χ4n) is 2.13. The number of aryl methyl sites for hydroxylation is 1. The molecule has 0 N–H and O–H groups in total. The van der Waals surface area contributed by atoms with Crippen molar-refractivity contribution in [3.63, 3.8) is 0 Å². The molecule has 1 aromatic rings. The number of hydrogen-bond acceptors (Lipinski definition) is 2. The minimum absolute atomic E-state index is 0.152. The molecular weight excluding hydrogens is 322 g/mol. The van der Waals surface area contributed by atoms with Gasteiger partial charge in [0.25, 0.3) is 5.91 Å². The molecular formula is C15H20BrNOS. The summed E-state index contributed by atoms with van der Waals surface area (Å²) in [5.41, 5.74) is 1.94. The van der Waals surface area contributed by atoms with Crippen LogP contribution in [0.3, 0.4) is 0 Å². The summed E-state index contributed by atoms with van der Waals surface area (Å²) in [5.74, 6) is 1.17. The Hall–Kier alpha value is -0.480. The van der Waals surface area contributed by atoms with E-state index in [4.69, 9.17) is 0 Å². The first kappa shape index (κ1) is 14.9. The van der Waals surface area contributed by atoms with Gasteiger partial charge in [-0.1, -0.05) is 35.8 Å². The normalized spacial score (nSPS) is 19.1. The molecule has 1 fully saturated rings. The van der Waals surface area contributed by atoms with Crippen molar-refractivity contribution in [2.75, 3.05) is 18.8 Å². The molecule has 104 valence electrons. The predicted molar refractivity (Wildman–Crippen MR) is 85.9 cm³/mol. The molecule has 1 heterocycles. The molecule has 2 rings (SSSR count). The van der Waals surface area contributed by atoms with Crippen molar-refractivity contribution in [2.24, 2.45) is 0 Å². The van der Waals surface area contributed by atoms with Crippen LogP contribution in [0.4, 0.5) is 0 Å². The van der Waals surface area contributed by atoms with Gasteiger partial charge in [-0.3, -0.25) is 4.79 Å². The third kappa shape index (κ3) is 3.76. The lowest BCUT2D eigenvalue weighted by Gasteiger charge is -2.23. The van der Waals surface area contributed by atoms with Gasteiger partial charge in [-0.15, -0.1) is 0 Å². The van der Waals surface area contributed by atoms with Gasteiger partial charge in [0.2, 0.25) is 0 Å². The second-order valence-corrected chi connectivity index (χ2v) is 8.27. The van der Waals surface area contributed by atoms with Gasteiger partial charge in [0.05, 0.1) is 0 Å². The Morgan fingerprint density at radius 2 is 2.11 bits per heavy atom. The number of carbonyl (C=O) groups excluding carboxylic acids is 1. The predicted octanol–water partition coefficient (Wildman–Crippen LogP) is 4.12. The first-order valence-corrected chi connectivity index (χ1v) is 8.36. The van der Waals surface area contributed by atoms with Gasteiger partial charge < -0.3 is 4.90 Å². The van der Waals surface area contributed by atoms with Gasteiger partial charge in [-0.2, -0.15) is 11.8 Å². The Morgan fingerprint density at radius 3 is 2.79 bits per heavy atom. The monoisotopic (exact) mass is 341 g/mol. The molecule has 2 nitrogen and oxygen atoms in total. The molecule has 0 saturated carbocycles. The van der Waals surface area contributed by atoms with Gasteiger partial charge >= 0.3 is 0 Å². The molecule has 0 atom stereocenters. The van der Waals surface area contributed by atoms with Gasteiger partial charge in [0.1, 0.15) is 0 Å². The molecule has 0 unspecified atom stereocenters. The van der Waals surface area contributed by atoms with Gasteiger partial charge in [-0.25, -0.2) is 0 Å². The maximum absolute atomic E-state index is 12.5. The van der Waals surface area contributed by atoms with Crippen LogP contribution >= 0.6 is 27.7 Å². The van der Waals surface area contributed by atoms with E-state index in [0.29, 0.717) is 0 Å². The quantitative estimate of drug-likeness (QED) is 0.765. The van der Waals surface area contributed by atoms with Crippen molar-refractivity contribution in [2.45, 2.75) is 31.9 Å². The van der Waals surface area contributed by atoms with Crippen LogP contribution in [0.2, 0.25) is 0 Å². The summed E-state index contributed by atoms with van der Waals surface area (Å²) < 4.78 is 1.28. The minimum atomic E-state index is 0.152. The second-order valence-electron chi connectivity index (χ2n) is 5.61. The average molecular weight is 342 g/mol. The molecule has 1 saturated heterocycles. The summed E-state index contributed by atoms with van der Waals surface area (Å²) in [4.78, 5) is 14.5. The number of benzene rings is 1. The number of rotatable bonds is 1. The number of carbonyl (C=O) groups is 1. The fourth-order valence-corrected chi connectivity index (χ4v) is 3.61. The molecule has 1 aliphatic rings. The van der Waals surface area contributed by atoms with E-state index in [1.165, 1.54) is 0 Å². The lowest BCUT2D eigenvalue weighted by molar-refractivity contribution is 0.0764. The largest absolute Gasteiger partial charge is 0.338 e. The van der Waals surface area contributed by atoms with E-state index in [2.05, 4.69) is 29.8 Å². The van der Waals surface area contributed by atoms with Crippen molar-refractivity contribution in [3.05, 3.63) is 33.8 Å². The Morgan fingerprint density at radius 1 is 1.37 bits per heavy atom. The maximum Gasteiger partial charge on any atom is 0.253 e. The molecule has 1 amide bonds. The third-order valence-corrected chi connectivity index (χ3v) is 5.77. The zero-order valence-corrected chi connectivity index (χ0v) is 14.1. The summed E-state index contributed by atoms with van der Waals surface area (Å²) >= 11 is 5.46. The Balaban J connectivity index is 2.13. The fraction of sp³-hybridized carbons (Fsp3) is 0.533.